The van der Waals surface area contributed by atoms with Gasteiger partial charge >= 0.3 is 0 Å². The maximum absolute atomic E-state index is 5.79. The first-order chi connectivity index (χ1) is 9.69. The van der Waals surface area contributed by atoms with Crippen molar-refractivity contribution >= 4 is 62.4 Å². The highest BCUT2D eigenvalue weighted by atomic mass is 32.2. The molecule has 3 aromatic rings. The van der Waals surface area contributed by atoms with Gasteiger partial charge in [-0.15, -0.1) is 21.5 Å². The molecule has 9 heteroatoms. The van der Waals surface area contributed by atoms with E-state index >= 15 is 0 Å². The Hall–Kier alpha value is -0.900. The highest BCUT2D eigenvalue weighted by Crippen LogP contribution is 2.37. The smallest absolute Gasteiger partial charge is 0.222 e. The Kier molecular flexibility index (Phi) is 4.11. The fourth-order valence-corrected chi connectivity index (χ4v) is 5.11. The molecule has 0 atom stereocenters. The number of aryl methyl sites for hydroxylation is 1. The SMILES string of the molecule is CCc1cc2c(Sc3nnc(SC)s3)nc(N)nc2s1. The third kappa shape index (κ3) is 2.76. The van der Waals surface area contributed by atoms with Crippen LogP contribution in [-0.4, -0.2) is 26.4 Å². The number of thiophene rings is 1. The average molecular weight is 342 g/mol. The molecule has 3 rings (SSSR count). The van der Waals surface area contributed by atoms with Crippen molar-refractivity contribution in [1.29, 1.82) is 0 Å². The Balaban J connectivity index is 2.03. The molecule has 0 spiro atoms. The minimum atomic E-state index is 0.305. The number of nitrogens with two attached hydrogens (primary N) is 1. The van der Waals surface area contributed by atoms with Crippen LogP contribution in [0.3, 0.4) is 0 Å². The summed E-state index contributed by atoms with van der Waals surface area (Å²) in [4.78, 5) is 10.9. The predicted octanol–water partition coefficient (Wildman–Crippen LogP) is 3.56. The van der Waals surface area contributed by atoms with Gasteiger partial charge in [0, 0.05) is 10.3 Å². The van der Waals surface area contributed by atoms with Gasteiger partial charge in [0.2, 0.25) is 5.95 Å². The van der Waals surface area contributed by atoms with Crippen molar-refractivity contribution in [2.75, 3.05) is 12.0 Å². The van der Waals surface area contributed by atoms with Crippen LogP contribution < -0.4 is 5.73 Å². The second-order valence-corrected chi connectivity index (χ2v) is 8.19. The lowest BCUT2D eigenvalue weighted by molar-refractivity contribution is 0.954. The van der Waals surface area contributed by atoms with E-state index in [4.69, 9.17) is 5.73 Å². The van der Waals surface area contributed by atoms with Gasteiger partial charge < -0.3 is 5.73 Å². The van der Waals surface area contributed by atoms with E-state index in [9.17, 15) is 0 Å². The molecular formula is C11H11N5S4. The van der Waals surface area contributed by atoms with Gasteiger partial charge in [-0.2, -0.15) is 0 Å². The Bertz CT molecular complexity index is 750. The van der Waals surface area contributed by atoms with Gasteiger partial charge in [0.15, 0.2) is 8.68 Å². The van der Waals surface area contributed by atoms with Gasteiger partial charge in [0.25, 0.3) is 0 Å². The van der Waals surface area contributed by atoms with Crippen LogP contribution in [-0.2, 0) is 6.42 Å². The molecule has 2 N–H and O–H groups in total. The number of hydrogen-bond donors (Lipinski definition) is 1. The summed E-state index contributed by atoms with van der Waals surface area (Å²) in [6.45, 7) is 2.13. The summed E-state index contributed by atoms with van der Waals surface area (Å²) in [6.07, 6.45) is 2.97. The number of fused-ring (bicyclic) bond motifs is 1. The Morgan fingerprint density at radius 3 is 2.70 bits per heavy atom. The topological polar surface area (TPSA) is 77.6 Å². The van der Waals surface area contributed by atoms with Gasteiger partial charge in [-0.05, 0) is 30.5 Å². The van der Waals surface area contributed by atoms with Crippen LogP contribution in [0.15, 0.2) is 19.8 Å². The average Bonchev–Trinajstić information content (AvgIpc) is 3.04. The van der Waals surface area contributed by atoms with E-state index in [1.807, 2.05) is 6.26 Å². The molecule has 0 aliphatic rings. The van der Waals surface area contributed by atoms with Crippen molar-refractivity contribution in [2.24, 2.45) is 0 Å². The summed E-state index contributed by atoms with van der Waals surface area (Å²) >= 11 is 6.31. The molecule has 5 nitrogen and oxygen atoms in total. The molecule has 0 saturated heterocycles. The van der Waals surface area contributed by atoms with Crippen LogP contribution in [0, 0.1) is 0 Å². The molecule has 0 unspecified atom stereocenters. The van der Waals surface area contributed by atoms with Crippen molar-refractivity contribution in [2.45, 2.75) is 27.0 Å². The van der Waals surface area contributed by atoms with Crippen LogP contribution >= 0.6 is 46.2 Å². The minimum absolute atomic E-state index is 0.305. The standard InChI is InChI=1S/C11H11N5S4/c1-3-5-4-6-7(18-5)13-9(12)14-8(6)19-11-16-15-10(17-2)20-11/h4H,3H2,1-2H3,(H2,12,13,14). The number of hydrogen-bond acceptors (Lipinski definition) is 9. The minimum Gasteiger partial charge on any atom is -0.368 e. The van der Waals surface area contributed by atoms with Crippen LogP contribution in [0.4, 0.5) is 5.95 Å². The Morgan fingerprint density at radius 1 is 1.20 bits per heavy atom. The molecule has 0 amide bonds. The highest BCUT2D eigenvalue weighted by Gasteiger charge is 2.14. The molecule has 0 aromatic carbocycles. The van der Waals surface area contributed by atoms with E-state index in [1.165, 1.54) is 16.6 Å². The molecule has 3 heterocycles. The maximum Gasteiger partial charge on any atom is 0.222 e. The molecule has 0 aliphatic carbocycles. The highest BCUT2D eigenvalue weighted by molar-refractivity contribution is 8.03. The molecule has 20 heavy (non-hydrogen) atoms. The van der Waals surface area contributed by atoms with Crippen LogP contribution in [0.1, 0.15) is 11.8 Å². The van der Waals surface area contributed by atoms with Gasteiger partial charge in [-0.1, -0.05) is 30.0 Å². The maximum atomic E-state index is 5.79. The Morgan fingerprint density at radius 2 is 2.00 bits per heavy atom. The Labute approximate surface area is 132 Å². The molecule has 104 valence electrons. The molecule has 0 saturated carbocycles. The molecular weight excluding hydrogens is 330 g/mol. The zero-order chi connectivity index (χ0) is 14.1. The van der Waals surface area contributed by atoms with Gasteiger partial charge in [-0.3, -0.25) is 0 Å². The van der Waals surface area contributed by atoms with E-state index in [2.05, 4.69) is 33.2 Å². The first kappa shape index (κ1) is 14.1. The van der Waals surface area contributed by atoms with Gasteiger partial charge in [0.05, 0.1) is 0 Å². The summed E-state index contributed by atoms with van der Waals surface area (Å²) in [7, 11) is 0. The van der Waals surface area contributed by atoms with E-state index in [0.717, 1.165) is 30.3 Å². The van der Waals surface area contributed by atoms with Crippen LogP contribution in [0.2, 0.25) is 0 Å². The van der Waals surface area contributed by atoms with E-state index in [-0.39, 0.29) is 0 Å². The van der Waals surface area contributed by atoms with Crippen molar-refractivity contribution in [1.82, 2.24) is 20.2 Å². The number of anilines is 1. The van der Waals surface area contributed by atoms with Gasteiger partial charge in [0.1, 0.15) is 9.86 Å². The second kappa shape index (κ2) is 5.84. The molecule has 0 fully saturated rings. The molecule has 3 aromatic heterocycles. The number of nitrogen functional groups attached to an aromatic ring is 1. The zero-order valence-corrected chi connectivity index (χ0v) is 14.0. The third-order valence-corrected chi connectivity index (χ3v) is 6.65. The zero-order valence-electron chi connectivity index (χ0n) is 10.8. The lowest BCUT2D eigenvalue weighted by Crippen LogP contribution is -1.95. The van der Waals surface area contributed by atoms with Crippen LogP contribution in [0.5, 0.6) is 0 Å². The number of aromatic nitrogens is 4. The quantitative estimate of drug-likeness (QED) is 0.574. The first-order valence-corrected chi connectivity index (χ1v) is 9.48. The first-order valence-electron chi connectivity index (χ1n) is 5.81. The lowest BCUT2D eigenvalue weighted by atomic mass is 10.3. The fourth-order valence-electron chi connectivity index (χ4n) is 1.62. The second-order valence-electron chi connectivity index (χ2n) is 3.81. The summed E-state index contributed by atoms with van der Waals surface area (Å²) in [5.41, 5.74) is 5.79. The largest absolute Gasteiger partial charge is 0.368 e. The number of thioether (sulfide) groups is 1. The van der Waals surface area contributed by atoms with Crippen molar-refractivity contribution < 1.29 is 0 Å². The summed E-state index contributed by atoms with van der Waals surface area (Å²) in [6, 6.07) is 2.14. The monoisotopic (exact) mass is 341 g/mol. The van der Waals surface area contributed by atoms with Crippen molar-refractivity contribution in [3.63, 3.8) is 0 Å². The summed E-state index contributed by atoms with van der Waals surface area (Å²) in [5, 5.41) is 10.2. The van der Waals surface area contributed by atoms with Crippen molar-refractivity contribution in [3.8, 4) is 0 Å². The van der Waals surface area contributed by atoms with Crippen LogP contribution in [0.25, 0.3) is 10.2 Å². The molecule has 0 aliphatic heterocycles. The van der Waals surface area contributed by atoms with E-state index in [1.54, 1.807) is 34.4 Å². The number of nitrogens with zero attached hydrogens (tertiary/aromatic N) is 4. The van der Waals surface area contributed by atoms with Gasteiger partial charge in [-0.25, -0.2) is 9.97 Å². The molecule has 0 bridgehead atoms. The fraction of sp³-hybridized carbons (Fsp3) is 0.273. The lowest BCUT2D eigenvalue weighted by Gasteiger charge is -1.99. The number of rotatable bonds is 4. The van der Waals surface area contributed by atoms with E-state index < -0.39 is 0 Å². The predicted molar refractivity (Wildman–Crippen MR) is 87.0 cm³/mol. The summed E-state index contributed by atoms with van der Waals surface area (Å²) in [5.74, 6) is 0.305. The normalized spacial score (nSPS) is 11.3. The van der Waals surface area contributed by atoms with E-state index in [0.29, 0.717) is 5.95 Å². The third-order valence-electron chi connectivity index (χ3n) is 2.52. The summed E-state index contributed by atoms with van der Waals surface area (Å²) < 4.78 is 1.82. The van der Waals surface area contributed by atoms with Crippen molar-refractivity contribution in [3.05, 3.63) is 10.9 Å². The molecule has 0 radical (unpaired) electrons.